The molecule has 0 unspecified atom stereocenters. The Morgan fingerprint density at radius 1 is 0.815 bits per heavy atom. The summed E-state index contributed by atoms with van der Waals surface area (Å²) in [6.07, 6.45) is 1.64. The van der Waals surface area contributed by atoms with Gasteiger partial charge in [-0.05, 0) is 36.6 Å². The van der Waals surface area contributed by atoms with E-state index in [1.54, 1.807) is 12.1 Å². The van der Waals surface area contributed by atoms with Gasteiger partial charge in [-0.2, -0.15) is 0 Å². The summed E-state index contributed by atoms with van der Waals surface area (Å²) in [4.78, 5) is 0. The lowest BCUT2D eigenvalue weighted by Gasteiger charge is -2.06. The lowest BCUT2D eigenvalue weighted by molar-refractivity contribution is -0.286. The number of unbranched alkanes of at least 4 members (excludes halogenated alkanes) is 3. The van der Waals surface area contributed by atoms with Gasteiger partial charge in [0.25, 0.3) is 0 Å². The highest BCUT2D eigenvalue weighted by atomic mass is 19.3. The van der Waals surface area contributed by atoms with Gasteiger partial charge in [0.2, 0.25) is 0 Å². The summed E-state index contributed by atoms with van der Waals surface area (Å²) in [6, 6.07) is 9.87. The van der Waals surface area contributed by atoms with Crippen molar-refractivity contribution < 1.29 is 27.0 Å². The normalized spacial score (nSPS) is 15.6. The van der Waals surface area contributed by atoms with Crippen LogP contribution in [0.2, 0.25) is 0 Å². The number of fused-ring (bicyclic) bond motifs is 1. The number of rotatable bonds is 7. The van der Waals surface area contributed by atoms with Gasteiger partial charge < -0.3 is 9.47 Å². The van der Waals surface area contributed by atoms with Gasteiger partial charge >= 0.3 is 6.29 Å². The fraction of sp³-hybridized carbons (Fsp3) is 0.333. The van der Waals surface area contributed by atoms with E-state index in [1.165, 1.54) is 24.6 Å². The number of benzene rings is 2. The van der Waals surface area contributed by atoms with Gasteiger partial charge in [-0.3, -0.25) is 0 Å². The fourth-order valence-corrected chi connectivity index (χ4v) is 2.91. The van der Waals surface area contributed by atoms with Crippen LogP contribution in [0.4, 0.5) is 17.6 Å². The minimum atomic E-state index is -3.80. The average Bonchev–Trinajstić information content (AvgIpc) is 2.97. The molecule has 6 heteroatoms. The molecule has 0 atom stereocenters. The summed E-state index contributed by atoms with van der Waals surface area (Å²) in [5.41, 5.74) is 0.956. The molecule has 0 fully saturated rings. The Balaban J connectivity index is 1.74. The van der Waals surface area contributed by atoms with E-state index in [0.29, 0.717) is 0 Å². The molecule has 27 heavy (non-hydrogen) atoms. The Morgan fingerprint density at radius 2 is 1.44 bits per heavy atom. The van der Waals surface area contributed by atoms with Gasteiger partial charge in [-0.1, -0.05) is 50.5 Å². The van der Waals surface area contributed by atoms with Crippen molar-refractivity contribution in [2.75, 3.05) is 0 Å². The lowest BCUT2D eigenvalue weighted by atomic mass is 10.0. The molecule has 0 saturated carbocycles. The molecular weight excluding hydrogens is 360 g/mol. The highest BCUT2D eigenvalue weighted by Gasteiger charge is 2.43. The molecule has 0 radical (unpaired) electrons. The minimum absolute atomic E-state index is 0.0906. The largest absolute Gasteiger partial charge is 0.586 e. The molecule has 144 valence electrons. The average molecular weight is 380 g/mol. The summed E-state index contributed by atoms with van der Waals surface area (Å²) in [7, 11) is 0. The van der Waals surface area contributed by atoms with E-state index >= 15 is 0 Å². The standard InChI is InChI=1S/C21H20F4O2/c1-2-3-4-5-6-14-7-9-15(10-8-14)19(22)20(23)16-11-12-17-18(13-16)27-21(24,25)26-17/h7-13H,2-6H2,1H3/b20-19+. The first-order chi connectivity index (χ1) is 12.9. The molecule has 0 aromatic heterocycles. The van der Waals surface area contributed by atoms with Gasteiger partial charge in [-0.15, -0.1) is 8.78 Å². The number of hydrogen-bond donors (Lipinski definition) is 0. The molecule has 2 aromatic rings. The topological polar surface area (TPSA) is 18.5 Å². The zero-order valence-corrected chi connectivity index (χ0v) is 14.9. The monoisotopic (exact) mass is 380 g/mol. The summed E-state index contributed by atoms with van der Waals surface area (Å²) >= 11 is 0. The second-order valence-corrected chi connectivity index (χ2v) is 6.46. The summed E-state index contributed by atoms with van der Waals surface area (Å²) < 4.78 is 63.6. The molecule has 0 N–H and O–H groups in total. The summed E-state index contributed by atoms with van der Waals surface area (Å²) in [5, 5.41) is 0. The van der Waals surface area contributed by atoms with Crippen molar-refractivity contribution in [2.24, 2.45) is 0 Å². The zero-order chi connectivity index (χ0) is 19.4. The van der Waals surface area contributed by atoms with Crippen molar-refractivity contribution in [3.63, 3.8) is 0 Å². The predicted octanol–water partition coefficient (Wildman–Crippen LogP) is 6.90. The quantitative estimate of drug-likeness (QED) is 0.296. The fourth-order valence-electron chi connectivity index (χ4n) is 2.91. The molecular formula is C21H20F4O2. The third-order valence-corrected chi connectivity index (χ3v) is 4.37. The Morgan fingerprint density at radius 3 is 2.15 bits per heavy atom. The molecule has 1 aliphatic heterocycles. The highest BCUT2D eigenvalue weighted by Crippen LogP contribution is 2.43. The van der Waals surface area contributed by atoms with E-state index in [9.17, 15) is 17.6 Å². The third-order valence-electron chi connectivity index (χ3n) is 4.37. The highest BCUT2D eigenvalue weighted by molar-refractivity contribution is 5.83. The zero-order valence-electron chi connectivity index (χ0n) is 14.9. The van der Waals surface area contributed by atoms with Crippen LogP contribution in [0.1, 0.15) is 49.3 Å². The van der Waals surface area contributed by atoms with Crippen molar-refractivity contribution in [1.29, 1.82) is 0 Å². The van der Waals surface area contributed by atoms with Crippen LogP contribution in [0.3, 0.4) is 0 Å². The first kappa shape index (κ1) is 19.3. The number of aryl methyl sites for hydroxylation is 1. The van der Waals surface area contributed by atoms with Gasteiger partial charge in [-0.25, -0.2) is 8.78 Å². The minimum Gasteiger partial charge on any atom is -0.395 e. The smallest absolute Gasteiger partial charge is 0.395 e. The molecule has 0 spiro atoms. The number of alkyl halides is 2. The van der Waals surface area contributed by atoms with Crippen molar-refractivity contribution in [2.45, 2.75) is 45.3 Å². The van der Waals surface area contributed by atoms with Crippen LogP contribution < -0.4 is 9.47 Å². The summed E-state index contributed by atoms with van der Waals surface area (Å²) in [6.45, 7) is 2.14. The van der Waals surface area contributed by atoms with Crippen molar-refractivity contribution in [1.82, 2.24) is 0 Å². The van der Waals surface area contributed by atoms with E-state index in [2.05, 4.69) is 16.4 Å². The number of ether oxygens (including phenoxy) is 2. The van der Waals surface area contributed by atoms with E-state index in [-0.39, 0.29) is 22.6 Å². The van der Waals surface area contributed by atoms with Crippen LogP contribution in [0.15, 0.2) is 42.5 Å². The lowest BCUT2D eigenvalue weighted by Crippen LogP contribution is -2.25. The first-order valence-corrected chi connectivity index (χ1v) is 8.94. The molecule has 1 heterocycles. The van der Waals surface area contributed by atoms with Gasteiger partial charge in [0, 0.05) is 11.1 Å². The SMILES string of the molecule is CCCCCCc1ccc(/C(F)=C(\F)c2ccc3c(c2)OC(F)(F)O3)cc1. The molecule has 0 aliphatic carbocycles. The molecule has 3 rings (SSSR count). The van der Waals surface area contributed by atoms with Crippen LogP contribution in [0, 0.1) is 0 Å². The Kier molecular flexibility index (Phi) is 5.73. The molecule has 2 nitrogen and oxygen atoms in total. The van der Waals surface area contributed by atoms with E-state index in [4.69, 9.17) is 0 Å². The maximum atomic E-state index is 14.5. The molecule has 0 saturated heterocycles. The Labute approximate surface area is 155 Å². The predicted molar refractivity (Wildman–Crippen MR) is 96.0 cm³/mol. The van der Waals surface area contributed by atoms with Crippen LogP contribution >= 0.6 is 0 Å². The van der Waals surface area contributed by atoms with Gasteiger partial charge in [0.1, 0.15) is 0 Å². The number of hydrogen-bond acceptors (Lipinski definition) is 2. The molecule has 0 amide bonds. The molecule has 0 bridgehead atoms. The van der Waals surface area contributed by atoms with Crippen LogP contribution in [0.5, 0.6) is 11.5 Å². The van der Waals surface area contributed by atoms with Crippen LogP contribution in [0.25, 0.3) is 11.7 Å². The maximum Gasteiger partial charge on any atom is 0.586 e. The Hall–Kier alpha value is -2.50. The van der Waals surface area contributed by atoms with E-state index < -0.39 is 17.9 Å². The number of halogens is 4. The third kappa shape index (κ3) is 4.62. The van der Waals surface area contributed by atoms with Crippen LogP contribution in [-0.2, 0) is 6.42 Å². The van der Waals surface area contributed by atoms with E-state index in [0.717, 1.165) is 43.4 Å². The van der Waals surface area contributed by atoms with Crippen LogP contribution in [-0.4, -0.2) is 6.29 Å². The van der Waals surface area contributed by atoms with Crippen molar-refractivity contribution in [3.05, 3.63) is 59.2 Å². The van der Waals surface area contributed by atoms with E-state index in [1.807, 2.05) is 0 Å². The first-order valence-electron chi connectivity index (χ1n) is 8.94. The molecule has 1 aliphatic rings. The summed E-state index contributed by atoms with van der Waals surface area (Å²) in [5.74, 6) is -2.75. The van der Waals surface area contributed by atoms with Crippen molar-refractivity contribution >= 4 is 11.7 Å². The second-order valence-electron chi connectivity index (χ2n) is 6.46. The van der Waals surface area contributed by atoms with Gasteiger partial charge in [0.15, 0.2) is 23.2 Å². The van der Waals surface area contributed by atoms with Crippen molar-refractivity contribution in [3.8, 4) is 11.5 Å². The maximum absolute atomic E-state index is 14.5. The molecule has 2 aromatic carbocycles. The van der Waals surface area contributed by atoms with Gasteiger partial charge in [0.05, 0.1) is 0 Å². The Bertz CT molecular complexity index is 829. The second kappa shape index (κ2) is 8.03.